The van der Waals surface area contributed by atoms with Crippen LogP contribution in [0.2, 0.25) is 5.02 Å². The molecule has 10 nitrogen and oxygen atoms in total. The molecule has 2 aliphatic rings. The first-order valence-electron chi connectivity index (χ1n) is 13.8. The number of amides is 1. The lowest BCUT2D eigenvalue weighted by Crippen LogP contribution is -2.60. The summed E-state index contributed by atoms with van der Waals surface area (Å²) in [4.78, 5) is 42.6. The quantitative estimate of drug-likeness (QED) is 0.243. The third-order valence-corrected chi connectivity index (χ3v) is 8.34. The number of carbonyl (C=O) groups excluding carboxylic acids is 1. The van der Waals surface area contributed by atoms with E-state index < -0.39 is 34.6 Å². The van der Waals surface area contributed by atoms with Gasteiger partial charge in [0.15, 0.2) is 0 Å². The van der Waals surface area contributed by atoms with Crippen LogP contribution in [0.3, 0.4) is 0 Å². The molecule has 0 radical (unpaired) electrons. The fourth-order valence-electron chi connectivity index (χ4n) is 5.61. The predicted molar refractivity (Wildman–Crippen MR) is 157 cm³/mol. The van der Waals surface area contributed by atoms with Gasteiger partial charge < -0.3 is 20.4 Å². The summed E-state index contributed by atoms with van der Waals surface area (Å²) < 4.78 is 58.9. The molecule has 2 fully saturated rings. The molecule has 4 heterocycles. The number of halogens is 5. The normalized spacial score (nSPS) is 16.2. The minimum atomic E-state index is -5.09. The van der Waals surface area contributed by atoms with Crippen LogP contribution >= 0.6 is 11.6 Å². The fourth-order valence-corrected chi connectivity index (χ4v) is 5.77. The summed E-state index contributed by atoms with van der Waals surface area (Å²) >= 11 is 6.04. The highest BCUT2D eigenvalue weighted by molar-refractivity contribution is 6.33. The van der Waals surface area contributed by atoms with Gasteiger partial charge in [0.1, 0.15) is 28.5 Å². The van der Waals surface area contributed by atoms with Crippen molar-refractivity contribution >= 4 is 45.9 Å². The number of piperazine rings is 1. The van der Waals surface area contributed by atoms with E-state index in [9.17, 15) is 22.8 Å². The summed E-state index contributed by atoms with van der Waals surface area (Å²) in [6, 6.07) is 2.90. The zero-order valence-corrected chi connectivity index (χ0v) is 24.4. The SMILES string of the molecule is C=CC(=O)N1CCN(c2nc(N3CC(N(CC)CC)C3)nc3c(=O)n(-c4c(F)ccc(Cl)c4N)c(C(F)(F)F)cc23)CC1. The smallest absolute Gasteiger partial charge is 0.396 e. The first kappa shape index (κ1) is 30.5. The molecular weight excluding hydrogens is 592 g/mol. The summed E-state index contributed by atoms with van der Waals surface area (Å²) in [6.07, 6.45) is -3.89. The molecule has 15 heteroatoms. The molecule has 0 unspecified atom stereocenters. The molecular formula is C28H31ClF4N8O2. The predicted octanol–water partition coefficient (Wildman–Crippen LogP) is 3.54. The average molecular weight is 623 g/mol. The maximum atomic E-state index is 15.1. The zero-order valence-electron chi connectivity index (χ0n) is 23.7. The van der Waals surface area contributed by atoms with Gasteiger partial charge in [0, 0.05) is 45.3 Å². The average Bonchev–Trinajstić information content (AvgIpc) is 2.96. The summed E-state index contributed by atoms with van der Waals surface area (Å²) in [5, 5.41) is -0.363. The molecule has 0 atom stereocenters. The summed E-state index contributed by atoms with van der Waals surface area (Å²) in [7, 11) is 0. The van der Waals surface area contributed by atoms with Gasteiger partial charge in [0.25, 0.3) is 5.56 Å². The Morgan fingerprint density at radius 1 is 1.14 bits per heavy atom. The molecule has 3 aromatic rings. The molecule has 2 aromatic heterocycles. The van der Waals surface area contributed by atoms with Gasteiger partial charge in [0.05, 0.1) is 16.1 Å². The van der Waals surface area contributed by atoms with E-state index in [0.29, 0.717) is 13.1 Å². The van der Waals surface area contributed by atoms with Gasteiger partial charge >= 0.3 is 6.18 Å². The van der Waals surface area contributed by atoms with Crippen molar-refractivity contribution < 1.29 is 22.4 Å². The van der Waals surface area contributed by atoms with Gasteiger partial charge in [-0.15, -0.1) is 0 Å². The first-order chi connectivity index (χ1) is 20.4. The Balaban J connectivity index is 1.72. The van der Waals surface area contributed by atoms with Crippen LogP contribution in [0.25, 0.3) is 16.6 Å². The van der Waals surface area contributed by atoms with Gasteiger partial charge in [-0.3, -0.25) is 19.1 Å². The Kier molecular flexibility index (Phi) is 8.27. The first-order valence-corrected chi connectivity index (χ1v) is 14.2. The number of pyridine rings is 1. The molecule has 43 heavy (non-hydrogen) atoms. The van der Waals surface area contributed by atoms with Gasteiger partial charge in [-0.1, -0.05) is 32.0 Å². The Hall–Kier alpha value is -3.91. The Bertz CT molecular complexity index is 1630. The molecule has 0 bridgehead atoms. The molecule has 2 N–H and O–H groups in total. The minimum absolute atomic E-state index is 0.117. The standard InChI is InChI=1S/C28H31ClF4N8O2/c1-4-21(42)38-9-11-39(12-10-38)25-17-13-20(28(31,32)33)41(24-19(30)8-7-18(29)22(24)34)26(43)23(17)35-27(36-25)40-14-16(15-40)37(5-2)6-3/h4,7-8,13,16H,1,5-6,9-12,14-15,34H2,2-3H3. The Morgan fingerprint density at radius 3 is 2.37 bits per heavy atom. The van der Waals surface area contributed by atoms with Crippen molar-refractivity contribution in [1.82, 2.24) is 24.3 Å². The summed E-state index contributed by atoms with van der Waals surface area (Å²) in [5.74, 6) is -1.14. The van der Waals surface area contributed by atoms with Crippen LogP contribution in [0.5, 0.6) is 0 Å². The van der Waals surface area contributed by atoms with Crippen LogP contribution in [0.1, 0.15) is 19.5 Å². The van der Waals surface area contributed by atoms with E-state index in [1.807, 2.05) is 4.90 Å². The Labute approximate surface area is 249 Å². The third-order valence-electron chi connectivity index (χ3n) is 8.01. The van der Waals surface area contributed by atoms with E-state index in [2.05, 4.69) is 35.3 Å². The topological polar surface area (TPSA) is 104 Å². The van der Waals surface area contributed by atoms with Crippen molar-refractivity contribution in [2.24, 2.45) is 0 Å². The van der Waals surface area contributed by atoms with Gasteiger partial charge in [-0.25, -0.2) is 9.37 Å². The summed E-state index contributed by atoms with van der Waals surface area (Å²) in [5.41, 5.74) is 1.59. The van der Waals surface area contributed by atoms with Crippen molar-refractivity contribution in [3.63, 3.8) is 0 Å². The van der Waals surface area contributed by atoms with E-state index in [0.717, 1.165) is 31.3 Å². The number of hydrogen-bond acceptors (Lipinski definition) is 8. The second-order valence-corrected chi connectivity index (χ2v) is 10.8. The van der Waals surface area contributed by atoms with Crippen LogP contribution in [-0.4, -0.2) is 88.6 Å². The van der Waals surface area contributed by atoms with Crippen molar-refractivity contribution in [2.75, 3.05) is 67.9 Å². The molecule has 1 amide bonds. The number of nitrogens with zero attached hydrogens (tertiary/aromatic N) is 7. The number of hydrogen-bond donors (Lipinski definition) is 1. The largest absolute Gasteiger partial charge is 0.431 e. The third kappa shape index (κ3) is 5.49. The van der Waals surface area contributed by atoms with Crippen molar-refractivity contribution in [2.45, 2.75) is 26.1 Å². The number of benzene rings is 1. The second kappa shape index (κ2) is 11.6. The van der Waals surface area contributed by atoms with Crippen LogP contribution in [0.15, 0.2) is 35.6 Å². The highest BCUT2D eigenvalue weighted by atomic mass is 35.5. The molecule has 0 spiro atoms. The van der Waals surface area contributed by atoms with E-state index in [4.69, 9.17) is 17.3 Å². The van der Waals surface area contributed by atoms with Gasteiger partial charge in [-0.2, -0.15) is 18.2 Å². The van der Waals surface area contributed by atoms with E-state index in [-0.39, 0.29) is 70.4 Å². The lowest BCUT2D eigenvalue weighted by molar-refractivity contribution is -0.142. The number of nitrogens with two attached hydrogens (primary N) is 1. The second-order valence-electron chi connectivity index (χ2n) is 10.4. The number of likely N-dealkylation sites (N-methyl/N-ethyl adjacent to an activating group) is 1. The highest BCUT2D eigenvalue weighted by Gasteiger charge is 2.39. The molecule has 230 valence electrons. The molecule has 0 aliphatic carbocycles. The summed E-state index contributed by atoms with van der Waals surface area (Å²) in [6.45, 7) is 11.4. The number of rotatable bonds is 7. The van der Waals surface area contributed by atoms with Crippen LogP contribution in [0.4, 0.5) is 35.0 Å². The van der Waals surface area contributed by atoms with E-state index >= 15 is 4.39 Å². The number of alkyl halides is 3. The maximum absolute atomic E-state index is 15.1. The molecule has 2 saturated heterocycles. The van der Waals surface area contributed by atoms with Gasteiger partial charge in [0.2, 0.25) is 11.9 Å². The fraction of sp³-hybridized carbons (Fsp3) is 0.429. The number of nitrogen functional groups attached to an aromatic ring is 1. The molecule has 0 saturated carbocycles. The lowest BCUT2D eigenvalue weighted by atomic mass is 10.1. The highest BCUT2D eigenvalue weighted by Crippen LogP contribution is 2.38. The van der Waals surface area contributed by atoms with Crippen molar-refractivity contribution in [1.29, 1.82) is 0 Å². The van der Waals surface area contributed by atoms with Crippen molar-refractivity contribution in [3.8, 4) is 5.69 Å². The molecule has 2 aliphatic heterocycles. The maximum Gasteiger partial charge on any atom is 0.431 e. The van der Waals surface area contributed by atoms with E-state index in [1.54, 1.807) is 9.80 Å². The lowest BCUT2D eigenvalue weighted by Gasteiger charge is -2.45. The van der Waals surface area contributed by atoms with Crippen molar-refractivity contribution in [3.05, 3.63) is 57.7 Å². The number of carbonyl (C=O) groups is 1. The Morgan fingerprint density at radius 2 is 1.79 bits per heavy atom. The van der Waals surface area contributed by atoms with Gasteiger partial charge in [-0.05, 0) is 37.4 Å². The van der Waals surface area contributed by atoms with Crippen LogP contribution < -0.4 is 21.1 Å². The number of anilines is 3. The minimum Gasteiger partial charge on any atom is -0.396 e. The van der Waals surface area contributed by atoms with E-state index in [1.165, 1.54) is 6.08 Å². The van der Waals surface area contributed by atoms with Crippen LogP contribution in [-0.2, 0) is 11.0 Å². The number of fused-ring (bicyclic) bond motifs is 1. The monoisotopic (exact) mass is 622 g/mol. The van der Waals surface area contributed by atoms with Crippen LogP contribution in [0, 0.1) is 5.82 Å². The molecule has 5 rings (SSSR count). The zero-order chi connectivity index (χ0) is 31.2. The molecule has 1 aromatic carbocycles. The number of aromatic nitrogens is 3.